The van der Waals surface area contributed by atoms with Crippen LogP contribution in [0.5, 0.6) is 11.5 Å². The van der Waals surface area contributed by atoms with Gasteiger partial charge in [-0.05, 0) is 60.9 Å². The molecule has 0 fully saturated rings. The van der Waals surface area contributed by atoms with E-state index < -0.39 is 0 Å². The number of carbonyl (C=O) groups excluding carboxylic acids is 3. The molecule has 0 saturated carbocycles. The molecule has 1 aliphatic rings. The highest BCUT2D eigenvalue weighted by molar-refractivity contribution is 6.28. The number of hydrogen-bond donors (Lipinski definition) is 0. The summed E-state index contributed by atoms with van der Waals surface area (Å²) in [6.45, 7) is 1.32. The van der Waals surface area contributed by atoms with Crippen LogP contribution in [-0.2, 0) is 9.59 Å². The maximum Gasteiger partial charge on any atom is 0.258 e. The first kappa shape index (κ1) is 27.6. The number of rotatable bonds is 15. The van der Waals surface area contributed by atoms with E-state index in [0.717, 1.165) is 60.5 Å². The van der Waals surface area contributed by atoms with E-state index in [4.69, 9.17) is 9.47 Å². The van der Waals surface area contributed by atoms with E-state index in [1.807, 2.05) is 60.7 Å². The molecule has 0 bridgehead atoms. The molecular formula is C33H33NO5. The van der Waals surface area contributed by atoms with Crippen LogP contribution in [0.2, 0.25) is 0 Å². The second-order valence-electron chi connectivity index (χ2n) is 9.29. The SMILES string of the molecule is O=C(C=Cc1ccc(OCCCCCCCCOc2ccc(N3C(=O)C=CC3=O)cc2)cc1)c1ccccc1. The van der Waals surface area contributed by atoms with Gasteiger partial charge in [-0.1, -0.05) is 74.2 Å². The minimum Gasteiger partial charge on any atom is -0.494 e. The van der Waals surface area contributed by atoms with E-state index in [1.54, 1.807) is 30.3 Å². The number of ether oxygens (including phenoxy) is 2. The summed E-state index contributed by atoms with van der Waals surface area (Å²) < 4.78 is 11.6. The molecule has 0 spiro atoms. The van der Waals surface area contributed by atoms with Crippen LogP contribution in [0.4, 0.5) is 5.69 Å². The summed E-state index contributed by atoms with van der Waals surface area (Å²) in [4.78, 5) is 36.8. The maximum absolute atomic E-state index is 12.2. The Morgan fingerprint density at radius 2 is 1.15 bits per heavy atom. The summed E-state index contributed by atoms with van der Waals surface area (Å²) in [5, 5.41) is 0. The molecular weight excluding hydrogens is 490 g/mol. The van der Waals surface area contributed by atoms with Crippen molar-refractivity contribution in [1.82, 2.24) is 0 Å². The fraction of sp³-hybridized carbons (Fsp3) is 0.242. The lowest BCUT2D eigenvalue weighted by Crippen LogP contribution is -2.29. The van der Waals surface area contributed by atoms with Crippen molar-refractivity contribution >= 4 is 29.4 Å². The lowest BCUT2D eigenvalue weighted by molar-refractivity contribution is -0.119. The van der Waals surface area contributed by atoms with Gasteiger partial charge in [-0.15, -0.1) is 0 Å². The van der Waals surface area contributed by atoms with E-state index in [-0.39, 0.29) is 17.6 Å². The number of nitrogens with zero attached hydrogens (tertiary/aromatic N) is 1. The normalized spacial score (nSPS) is 12.9. The van der Waals surface area contributed by atoms with Gasteiger partial charge in [-0.25, -0.2) is 4.90 Å². The van der Waals surface area contributed by atoms with E-state index >= 15 is 0 Å². The van der Waals surface area contributed by atoms with Crippen molar-refractivity contribution in [3.8, 4) is 11.5 Å². The van der Waals surface area contributed by atoms with E-state index in [2.05, 4.69) is 0 Å². The molecule has 1 aliphatic heterocycles. The number of carbonyl (C=O) groups is 3. The van der Waals surface area contributed by atoms with E-state index in [0.29, 0.717) is 24.5 Å². The van der Waals surface area contributed by atoms with Gasteiger partial charge in [0.15, 0.2) is 5.78 Å². The molecule has 6 heteroatoms. The third-order valence-electron chi connectivity index (χ3n) is 6.35. The van der Waals surface area contributed by atoms with Crippen LogP contribution in [0.25, 0.3) is 6.08 Å². The Morgan fingerprint density at radius 1 is 0.641 bits per heavy atom. The molecule has 0 saturated heterocycles. The number of unbranched alkanes of at least 4 members (excludes halogenated alkanes) is 5. The summed E-state index contributed by atoms with van der Waals surface area (Å²) in [6, 6.07) is 24.0. The number of allylic oxidation sites excluding steroid dienone is 1. The van der Waals surface area contributed by atoms with Crippen molar-refractivity contribution in [2.75, 3.05) is 18.1 Å². The molecule has 0 aliphatic carbocycles. The average molecular weight is 524 g/mol. The highest BCUT2D eigenvalue weighted by atomic mass is 16.5. The van der Waals surface area contributed by atoms with Crippen LogP contribution in [0.3, 0.4) is 0 Å². The number of hydrogen-bond acceptors (Lipinski definition) is 5. The van der Waals surface area contributed by atoms with Gasteiger partial charge in [0.1, 0.15) is 11.5 Å². The van der Waals surface area contributed by atoms with Crippen molar-refractivity contribution < 1.29 is 23.9 Å². The van der Waals surface area contributed by atoms with Crippen molar-refractivity contribution in [3.63, 3.8) is 0 Å². The van der Waals surface area contributed by atoms with E-state index in [1.165, 1.54) is 12.2 Å². The highest BCUT2D eigenvalue weighted by Gasteiger charge is 2.24. The Bertz CT molecular complexity index is 1280. The van der Waals surface area contributed by atoms with Crippen LogP contribution in [0.1, 0.15) is 54.4 Å². The number of amides is 2. The molecule has 3 aromatic carbocycles. The first-order valence-corrected chi connectivity index (χ1v) is 13.4. The summed E-state index contributed by atoms with van der Waals surface area (Å²) >= 11 is 0. The largest absolute Gasteiger partial charge is 0.494 e. The number of benzene rings is 3. The van der Waals surface area contributed by atoms with Crippen molar-refractivity contribution in [3.05, 3.63) is 108 Å². The molecule has 3 aromatic rings. The van der Waals surface area contributed by atoms with Gasteiger partial charge in [-0.2, -0.15) is 0 Å². The predicted octanol–water partition coefficient (Wildman–Crippen LogP) is 6.81. The third-order valence-corrected chi connectivity index (χ3v) is 6.35. The van der Waals surface area contributed by atoms with Crippen molar-refractivity contribution in [2.45, 2.75) is 38.5 Å². The molecule has 6 nitrogen and oxygen atoms in total. The number of imide groups is 1. The van der Waals surface area contributed by atoms with Crippen LogP contribution >= 0.6 is 0 Å². The molecule has 0 radical (unpaired) electrons. The zero-order valence-electron chi connectivity index (χ0n) is 22.0. The van der Waals surface area contributed by atoms with Crippen LogP contribution in [0, 0.1) is 0 Å². The average Bonchev–Trinajstić information content (AvgIpc) is 3.31. The quantitative estimate of drug-likeness (QED) is 0.0947. The lowest BCUT2D eigenvalue weighted by Gasteiger charge is -2.14. The Balaban J connectivity index is 1.02. The predicted molar refractivity (Wildman–Crippen MR) is 153 cm³/mol. The summed E-state index contributed by atoms with van der Waals surface area (Å²) in [6.07, 6.45) is 12.5. The summed E-state index contributed by atoms with van der Waals surface area (Å²) in [5.41, 5.74) is 2.19. The zero-order valence-corrected chi connectivity index (χ0v) is 22.0. The zero-order chi connectivity index (χ0) is 27.3. The number of ketones is 1. The van der Waals surface area contributed by atoms with Crippen LogP contribution in [-0.4, -0.2) is 30.8 Å². The first-order valence-electron chi connectivity index (χ1n) is 13.4. The summed E-state index contributed by atoms with van der Waals surface area (Å²) in [5.74, 6) is 0.909. The van der Waals surface area contributed by atoms with Gasteiger partial charge >= 0.3 is 0 Å². The second-order valence-corrected chi connectivity index (χ2v) is 9.29. The Morgan fingerprint density at radius 3 is 1.72 bits per heavy atom. The van der Waals surface area contributed by atoms with Gasteiger partial charge in [-0.3, -0.25) is 14.4 Å². The molecule has 39 heavy (non-hydrogen) atoms. The van der Waals surface area contributed by atoms with Gasteiger partial charge < -0.3 is 9.47 Å². The molecule has 1 heterocycles. The lowest BCUT2D eigenvalue weighted by atomic mass is 10.1. The molecule has 0 aromatic heterocycles. The molecule has 0 atom stereocenters. The van der Waals surface area contributed by atoms with Crippen molar-refractivity contribution in [1.29, 1.82) is 0 Å². The monoisotopic (exact) mass is 523 g/mol. The highest BCUT2D eigenvalue weighted by Crippen LogP contribution is 2.22. The van der Waals surface area contributed by atoms with Crippen LogP contribution < -0.4 is 14.4 Å². The smallest absolute Gasteiger partial charge is 0.258 e. The second kappa shape index (κ2) is 14.5. The topological polar surface area (TPSA) is 72.9 Å². The Labute approximate surface area is 229 Å². The standard InChI is InChI=1S/C33H33NO5/c35-31(27-10-6-5-7-11-27)21-14-26-12-17-29(18-13-26)38-24-8-3-1-2-4-9-25-39-30-19-15-28(16-20-30)34-32(36)22-23-33(34)37/h5-7,10-23H,1-4,8-9,24-25H2. The van der Waals surface area contributed by atoms with Gasteiger partial charge in [0.25, 0.3) is 11.8 Å². The van der Waals surface area contributed by atoms with E-state index in [9.17, 15) is 14.4 Å². The third kappa shape index (κ3) is 8.54. The molecule has 200 valence electrons. The Hall–Kier alpha value is -4.45. The minimum atomic E-state index is -0.322. The van der Waals surface area contributed by atoms with Gasteiger partial charge in [0.05, 0.1) is 18.9 Å². The van der Waals surface area contributed by atoms with Gasteiger partial charge in [0.2, 0.25) is 0 Å². The molecule has 0 unspecified atom stereocenters. The molecule has 4 rings (SSSR count). The van der Waals surface area contributed by atoms with Crippen LogP contribution in [0.15, 0.2) is 97.1 Å². The summed E-state index contributed by atoms with van der Waals surface area (Å²) in [7, 11) is 0. The first-order chi connectivity index (χ1) is 19.1. The van der Waals surface area contributed by atoms with Gasteiger partial charge in [0, 0.05) is 17.7 Å². The minimum absolute atomic E-state index is 0.0107. The number of anilines is 1. The maximum atomic E-state index is 12.2. The fourth-order valence-corrected chi connectivity index (χ4v) is 4.18. The van der Waals surface area contributed by atoms with Crippen molar-refractivity contribution in [2.24, 2.45) is 0 Å². The fourth-order valence-electron chi connectivity index (χ4n) is 4.18. The Kier molecular flexibility index (Phi) is 10.2. The molecule has 0 N–H and O–H groups in total. The molecule has 2 amide bonds.